The van der Waals surface area contributed by atoms with E-state index < -0.39 is 10.0 Å². The minimum atomic E-state index is -3.42. The van der Waals surface area contributed by atoms with E-state index in [2.05, 4.69) is 5.32 Å². The number of benzene rings is 2. The van der Waals surface area contributed by atoms with Crippen LogP contribution in [-0.4, -0.2) is 25.8 Å². The molecule has 0 aromatic heterocycles. The number of halogens is 1. The van der Waals surface area contributed by atoms with E-state index in [1.807, 2.05) is 36.4 Å². The van der Waals surface area contributed by atoms with E-state index in [1.54, 1.807) is 16.4 Å². The molecule has 0 unspecified atom stereocenters. The summed E-state index contributed by atoms with van der Waals surface area (Å²) in [6.07, 6.45) is 2.99. The third-order valence-corrected chi connectivity index (χ3v) is 6.71. The highest BCUT2D eigenvalue weighted by Gasteiger charge is 2.27. The lowest BCUT2D eigenvalue weighted by molar-refractivity contribution is 0.346. The molecule has 0 atom stereocenters. The first-order valence-electron chi connectivity index (χ1n) is 8.60. The molecular formula is C19H23ClN2O2S. The van der Waals surface area contributed by atoms with Crippen LogP contribution in [0, 0.1) is 0 Å². The van der Waals surface area contributed by atoms with Crippen molar-refractivity contribution >= 4 is 21.6 Å². The summed E-state index contributed by atoms with van der Waals surface area (Å²) in [7, 11) is -3.42. The number of rotatable bonds is 6. The zero-order chi connectivity index (χ0) is 17.7. The fourth-order valence-electron chi connectivity index (χ4n) is 3.09. The predicted molar refractivity (Wildman–Crippen MR) is 101 cm³/mol. The van der Waals surface area contributed by atoms with Gasteiger partial charge in [-0.3, -0.25) is 0 Å². The van der Waals surface area contributed by atoms with E-state index in [0.717, 1.165) is 30.4 Å². The van der Waals surface area contributed by atoms with Crippen molar-refractivity contribution in [3.8, 4) is 0 Å². The quantitative estimate of drug-likeness (QED) is 0.831. The Morgan fingerprint density at radius 3 is 2.32 bits per heavy atom. The molecule has 1 saturated heterocycles. The zero-order valence-electron chi connectivity index (χ0n) is 14.1. The highest BCUT2D eigenvalue weighted by atomic mass is 35.5. The van der Waals surface area contributed by atoms with Gasteiger partial charge >= 0.3 is 0 Å². The molecule has 0 bridgehead atoms. The second-order valence-corrected chi connectivity index (χ2v) is 8.65. The molecule has 0 amide bonds. The van der Waals surface area contributed by atoms with Crippen molar-refractivity contribution in [2.24, 2.45) is 0 Å². The van der Waals surface area contributed by atoms with Gasteiger partial charge in [0.05, 0.1) is 4.90 Å². The average Bonchev–Trinajstić information content (AvgIpc) is 2.64. The summed E-state index contributed by atoms with van der Waals surface area (Å²) < 4.78 is 27.5. The van der Waals surface area contributed by atoms with Gasteiger partial charge in [-0.05, 0) is 42.2 Å². The maximum Gasteiger partial charge on any atom is 0.243 e. The highest BCUT2D eigenvalue weighted by molar-refractivity contribution is 7.89. The van der Waals surface area contributed by atoms with E-state index in [-0.39, 0.29) is 0 Å². The molecule has 1 aliphatic rings. The van der Waals surface area contributed by atoms with E-state index in [1.165, 1.54) is 0 Å². The topological polar surface area (TPSA) is 49.4 Å². The SMILES string of the molecule is O=S(=O)(c1ccccc1CNCc1ccc(Cl)cc1)N1CCCCC1. The van der Waals surface area contributed by atoms with Crippen molar-refractivity contribution in [2.75, 3.05) is 13.1 Å². The fraction of sp³-hybridized carbons (Fsp3) is 0.368. The molecule has 0 radical (unpaired) electrons. The van der Waals surface area contributed by atoms with E-state index in [0.29, 0.717) is 36.1 Å². The number of hydrogen-bond acceptors (Lipinski definition) is 3. The summed E-state index contributed by atoms with van der Waals surface area (Å²) in [4.78, 5) is 0.417. The molecule has 3 rings (SSSR count). The van der Waals surface area contributed by atoms with Gasteiger partial charge in [0, 0.05) is 31.2 Å². The zero-order valence-corrected chi connectivity index (χ0v) is 15.7. The van der Waals surface area contributed by atoms with Gasteiger partial charge in [-0.25, -0.2) is 8.42 Å². The van der Waals surface area contributed by atoms with Gasteiger partial charge in [0.15, 0.2) is 0 Å². The second kappa shape index (κ2) is 8.32. The van der Waals surface area contributed by atoms with Crippen molar-refractivity contribution < 1.29 is 8.42 Å². The van der Waals surface area contributed by atoms with Crippen LogP contribution < -0.4 is 5.32 Å². The van der Waals surface area contributed by atoms with Crippen LogP contribution in [0.25, 0.3) is 0 Å². The maximum atomic E-state index is 13.0. The minimum absolute atomic E-state index is 0.417. The van der Waals surface area contributed by atoms with Crippen molar-refractivity contribution in [3.63, 3.8) is 0 Å². The number of sulfonamides is 1. The smallest absolute Gasteiger partial charge is 0.243 e. The molecule has 1 heterocycles. The third-order valence-electron chi connectivity index (χ3n) is 4.46. The largest absolute Gasteiger partial charge is 0.309 e. The monoisotopic (exact) mass is 378 g/mol. The molecule has 134 valence electrons. The van der Waals surface area contributed by atoms with E-state index in [9.17, 15) is 8.42 Å². The lowest BCUT2D eigenvalue weighted by Gasteiger charge is -2.26. The Hall–Kier alpha value is -1.40. The van der Waals surface area contributed by atoms with Crippen LogP contribution >= 0.6 is 11.6 Å². The standard InChI is InChI=1S/C19H23ClN2O2S/c20-18-10-8-16(9-11-18)14-21-15-17-6-2-3-7-19(17)25(23,24)22-12-4-1-5-13-22/h2-3,6-11,21H,1,4-5,12-15H2. The summed E-state index contributed by atoms with van der Waals surface area (Å²) in [5, 5.41) is 4.04. The molecule has 2 aromatic rings. The van der Waals surface area contributed by atoms with Crippen LogP contribution in [-0.2, 0) is 23.1 Å². The molecule has 1 N–H and O–H groups in total. The van der Waals surface area contributed by atoms with Gasteiger partial charge < -0.3 is 5.32 Å². The summed E-state index contributed by atoms with van der Waals surface area (Å²) in [5.41, 5.74) is 1.92. The van der Waals surface area contributed by atoms with E-state index in [4.69, 9.17) is 11.6 Å². The van der Waals surface area contributed by atoms with Crippen LogP contribution in [0.2, 0.25) is 5.02 Å². The molecule has 0 aliphatic carbocycles. The Morgan fingerprint density at radius 2 is 1.60 bits per heavy atom. The summed E-state index contributed by atoms with van der Waals surface area (Å²) >= 11 is 5.89. The van der Waals surface area contributed by atoms with Gasteiger partial charge in [0.2, 0.25) is 10.0 Å². The van der Waals surface area contributed by atoms with Crippen molar-refractivity contribution in [2.45, 2.75) is 37.2 Å². The first kappa shape index (κ1) is 18.4. The molecule has 1 aliphatic heterocycles. The summed E-state index contributed by atoms with van der Waals surface area (Å²) in [6, 6.07) is 14.9. The molecule has 6 heteroatoms. The number of hydrogen-bond donors (Lipinski definition) is 1. The lowest BCUT2D eigenvalue weighted by atomic mass is 10.2. The first-order chi connectivity index (χ1) is 12.1. The summed E-state index contributed by atoms with van der Waals surface area (Å²) in [6.45, 7) is 2.41. The van der Waals surface area contributed by atoms with Gasteiger partial charge in [0.1, 0.15) is 0 Å². The number of nitrogens with zero attached hydrogens (tertiary/aromatic N) is 1. The minimum Gasteiger partial charge on any atom is -0.309 e. The van der Waals surface area contributed by atoms with Crippen LogP contribution in [0.5, 0.6) is 0 Å². The molecule has 25 heavy (non-hydrogen) atoms. The molecule has 0 spiro atoms. The van der Waals surface area contributed by atoms with Gasteiger partial charge in [-0.2, -0.15) is 4.31 Å². The second-order valence-electron chi connectivity index (χ2n) is 6.30. The Balaban J connectivity index is 1.71. The van der Waals surface area contributed by atoms with Gasteiger partial charge in [-0.1, -0.05) is 48.4 Å². The maximum absolute atomic E-state index is 13.0. The predicted octanol–water partition coefficient (Wildman–Crippen LogP) is 3.80. The van der Waals surface area contributed by atoms with Crippen molar-refractivity contribution in [3.05, 3.63) is 64.7 Å². The lowest BCUT2D eigenvalue weighted by Crippen LogP contribution is -2.36. The van der Waals surface area contributed by atoms with Crippen molar-refractivity contribution in [1.82, 2.24) is 9.62 Å². The van der Waals surface area contributed by atoms with Crippen LogP contribution in [0.4, 0.5) is 0 Å². The summed E-state index contributed by atoms with van der Waals surface area (Å²) in [5.74, 6) is 0. The molecule has 0 saturated carbocycles. The highest BCUT2D eigenvalue weighted by Crippen LogP contribution is 2.23. The normalized spacial score (nSPS) is 16.0. The van der Waals surface area contributed by atoms with Crippen LogP contribution in [0.3, 0.4) is 0 Å². The van der Waals surface area contributed by atoms with Gasteiger partial charge in [0.25, 0.3) is 0 Å². The fourth-order valence-corrected chi connectivity index (χ4v) is 4.95. The molecular weight excluding hydrogens is 356 g/mol. The van der Waals surface area contributed by atoms with Gasteiger partial charge in [-0.15, -0.1) is 0 Å². The van der Waals surface area contributed by atoms with E-state index >= 15 is 0 Å². The Labute approximate surface area is 154 Å². The molecule has 4 nitrogen and oxygen atoms in total. The Kier molecular flexibility index (Phi) is 6.12. The first-order valence-corrected chi connectivity index (χ1v) is 10.4. The molecule has 1 fully saturated rings. The van der Waals surface area contributed by atoms with Crippen molar-refractivity contribution in [1.29, 1.82) is 0 Å². The Bertz CT molecular complexity index is 800. The number of piperidine rings is 1. The Morgan fingerprint density at radius 1 is 0.920 bits per heavy atom. The third kappa shape index (κ3) is 4.61. The molecule has 2 aromatic carbocycles. The average molecular weight is 379 g/mol. The van der Waals surface area contributed by atoms with Crippen LogP contribution in [0.15, 0.2) is 53.4 Å². The number of nitrogens with one attached hydrogen (secondary N) is 1. The van der Waals surface area contributed by atoms with Crippen LogP contribution in [0.1, 0.15) is 30.4 Å².